The normalized spacial score (nSPS) is 34.2. The monoisotopic (exact) mass is 143 g/mol. The van der Waals surface area contributed by atoms with Crippen LogP contribution in [0.15, 0.2) is 0 Å². The summed E-state index contributed by atoms with van der Waals surface area (Å²) >= 11 is 0. The van der Waals surface area contributed by atoms with Gasteiger partial charge in [0.1, 0.15) is 0 Å². The molecule has 0 amide bonds. The fourth-order valence-electron chi connectivity index (χ4n) is 1.92. The van der Waals surface area contributed by atoms with Crippen molar-refractivity contribution in [2.75, 3.05) is 20.1 Å². The van der Waals surface area contributed by atoms with Gasteiger partial charge in [-0.05, 0) is 18.9 Å². The van der Waals surface area contributed by atoms with Gasteiger partial charge >= 0.3 is 0 Å². The van der Waals surface area contributed by atoms with Gasteiger partial charge in [0.2, 0.25) is 0 Å². The Morgan fingerprint density at radius 3 is 2.50 bits per heavy atom. The van der Waals surface area contributed by atoms with Crippen molar-refractivity contribution in [1.29, 1.82) is 0 Å². The van der Waals surface area contributed by atoms with E-state index in [2.05, 4.69) is 25.8 Å². The lowest BCUT2D eigenvalue weighted by Crippen LogP contribution is -2.44. The molecular weight excluding hydrogens is 126 g/mol. The number of aliphatic hydroxyl groups excluding tert-OH is 1. The fourth-order valence-corrected chi connectivity index (χ4v) is 1.92. The summed E-state index contributed by atoms with van der Waals surface area (Å²) in [6.07, 6.45) is 0.825. The molecule has 0 aromatic carbocycles. The first kappa shape index (κ1) is 8.02. The third-order valence-electron chi connectivity index (χ3n) is 2.01. The first-order chi connectivity index (χ1) is 4.49. The largest absolute Gasteiger partial charge is 0.392 e. The highest BCUT2D eigenvalue weighted by molar-refractivity contribution is 4.82. The number of piperidine rings is 1. The Balaban J connectivity index is 2.51. The van der Waals surface area contributed by atoms with Gasteiger partial charge in [0.25, 0.3) is 0 Å². The molecule has 1 heterocycles. The highest BCUT2D eigenvalue weighted by Gasteiger charge is 2.29. The van der Waals surface area contributed by atoms with Gasteiger partial charge < -0.3 is 10.0 Å². The molecule has 0 spiro atoms. The lowest BCUT2D eigenvalue weighted by Gasteiger charge is -2.38. The Labute approximate surface area is 62.8 Å². The topological polar surface area (TPSA) is 23.5 Å². The summed E-state index contributed by atoms with van der Waals surface area (Å²) in [7, 11) is 2.06. The van der Waals surface area contributed by atoms with E-state index in [9.17, 15) is 5.11 Å². The van der Waals surface area contributed by atoms with Crippen LogP contribution in [0.4, 0.5) is 0 Å². The predicted molar refractivity (Wildman–Crippen MR) is 41.9 cm³/mol. The zero-order valence-corrected chi connectivity index (χ0v) is 7.09. The van der Waals surface area contributed by atoms with Crippen LogP contribution in [-0.2, 0) is 0 Å². The van der Waals surface area contributed by atoms with Gasteiger partial charge in [0.15, 0.2) is 0 Å². The van der Waals surface area contributed by atoms with Crippen LogP contribution in [0.25, 0.3) is 0 Å². The summed E-state index contributed by atoms with van der Waals surface area (Å²) in [5.41, 5.74) is 0.298. The zero-order valence-electron chi connectivity index (χ0n) is 7.09. The number of β-amino-alcohol motifs (C(OH)–C–C–N with tert-alkyl or cyclic N) is 1. The minimum atomic E-state index is -0.117. The van der Waals surface area contributed by atoms with Crippen LogP contribution in [0.5, 0.6) is 0 Å². The second kappa shape index (κ2) is 2.51. The summed E-state index contributed by atoms with van der Waals surface area (Å²) < 4.78 is 0. The summed E-state index contributed by atoms with van der Waals surface area (Å²) in [5.74, 6) is 0. The molecule has 1 aliphatic rings. The van der Waals surface area contributed by atoms with E-state index in [1.807, 2.05) is 0 Å². The minimum absolute atomic E-state index is 0.117. The van der Waals surface area contributed by atoms with Crippen LogP contribution in [0, 0.1) is 5.41 Å². The summed E-state index contributed by atoms with van der Waals surface area (Å²) in [6.45, 7) is 6.34. The van der Waals surface area contributed by atoms with Crippen LogP contribution >= 0.6 is 0 Å². The third kappa shape index (κ3) is 1.96. The molecule has 0 saturated carbocycles. The van der Waals surface area contributed by atoms with Gasteiger partial charge in [-0.2, -0.15) is 0 Å². The summed E-state index contributed by atoms with van der Waals surface area (Å²) in [6, 6.07) is 0. The van der Waals surface area contributed by atoms with Crippen LogP contribution in [-0.4, -0.2) is 36.2 Å². The first-order valence-corrected chi connectivity index (χ1v) is 3.86. The molecule has 0 radical (unpaired) electrons. The molecule has 1 atom stereocenters. The number of hydrogen-bond acceptors (Lipinski definition) is 2. The highest BCUT2D eigenvalue weighted by atomic mass is 16.3. The van der Waals surface area contributed by atoms with E-state index in [0.717, 1.165) is 19.5 Å². The molecule has 60 valence electrons. The van der Waals surface area contributed by atoms with Crippen LogP contribution in [0.3, 0.4) is 0 Å². The Kier molecular flexibility index (Phi) is 2.02. The van der Waals surface area contributed by atoms with Gasteiger partial charge in [-0.15, -0.1) is 0 Å². The molecule has 0 unspecified atom stereocenters. The van der Waals surface area contributed by atoms with Crippen molar-refractivity contribution < 1.29 is 5.11 Å². The molecule has 1 saturated heterocycles. The van der Waals surface area contributed by atoms with E-state index >= 15 is 0 Å². The maximum atomic E-state index is 9.37. The second-order valence-corrected chi connectivity index (χ2v) is 4.22. The molecule has 2 nitrogen and oxygen atoms in total. The zero-order chi connectivity index (χ0) is 7.78. The molecular formula is C8H17NO. The van der Waals surface area contributed by atoms with Crippen LogP contribution in [0.1, 0.15) is 20.3 Å². The molecule has 1 aliphatic heterocycles. The predicted octanol–water partition coefficient (Wildman–Crippen LogP) is 0.709. The highest BCUT2D eigenvalue weighted by Crippen LogP contribution is 2.27. The molecule has 0 aromatic rings. The van der Waals surface area contributed by atoms with Crippen molar-refractivity contribution in [2.45, 2.75) is 26.4 Å². The average molecular weight is 143 g/mol. The minimum Gasteiger partial charge on any atom is -0.392 e. The van der Waals surface area contributed by atoms with E-state index < -0.39 is 0 Å². The van der Waals surface area contributed by atoms with Gasteiger partial charge in [-0.3, -0.25) is 0 Å². The second-order valence-electron chi connectivity index (χ2n) is 4.22. The van der Waals surface area contributed by atoms with Crippen molar-refractivity contribution in [1.82, 2.24) is 4.90 Å². The standard InChI is InChI=1S/C8H17NO/c1-8(2)4-7(10)5-9(3)6-8/h7,10H,4-6H2,1-3H3/t7-/m1/s1. The Bertz CT molecular complexity index is 110. The van der Waals surface area contributed by atoms with E-state index in [4.69, 9.17) is 0 Å². The molecule has 1 fully saturated rings. The maximum absolute atomic E-state index is 9.37. The van der Waals surface area contributed by atoms with Crippen molar-refractivity contribution in [3.8, 4) is 0 Å². The molecule has 0 bridgehead atoms. The molecule has 0 aliphatic carbocycles. The number of likely N-dealkylation sites (tertiary alicyclic amines) is 1. The SMILES string of the molecule is CN1C[C@H](O)CC(C)(C)C1. The van der Waals surface area contributed by atoms with Crippen LogP contribution < -0.4 is 0 Å². The number of rotatable bonds is 0. The smallest absolute Gasteiger partial charge is 0.0672 e. The van der Waals surface area contributed by atoms with Gasteiger partial charge in [0, 0.05) is 13.1 Å². The Hall–Kier alpha value is -0.0800. The number of nitrogens with zero attached hydrogens (tertiary/aromatic N) is 1. The quantitative estimate of drug-likeness (QED) is 0.540. The first-order valence-electron chi connectivity index (χ1n) is 3.86. The van der Waals surface area contributed by atoms with Crippen LogP contribution in [0.2, 0.25) is 0 Å². The molecule has 2 heteroatoms. The molecule has 1 N–H and O–H groups in total. The van der Waals surface area contributed by atoms with Gasteiger partial charge in [-0.1, -0.05) is 13.8 Å². The van der Waals surface area contributed by atoms with Crippen molar-refractivity contribution >= 4 is 0 Å². The van der Waals surface area contributed by atoms with Crippen molar-refractivity contribution in [3.63, 3.8) is 0 Å². The van der Waals surface area contributed by atoms with E-state index in [0.29, 0.717) is 5.41 Å². The van der Waals surface area contributed by atoms with Crippen molar-refractivity contribution in [3.05, 3.63) is 0 Å². The van der Waals surface area contributed by atoms with Crippen molar-refractivity contribution in [2.24, 2.45) is 5.41 Å². The lowest BCUT2D eigenvalue weighted by molar-refractivity contribution is 0.0187. The van der Waals surface area contributed by atoms with E-state index in [1.54, 1.807) is 0 Å². The van der Waals surface area contributed by atoms with E-state index in [-0.39, 0.29) is 6.10 Å². The number of likely N-dealkylation sites (N-methyl/N-ethyl adjacent to an activating group) is 1. The Morgan fingerprint density at radius 2 is 2.10 bits per heavy atom. The molecule has 1 rings (SSSR count). The fraction of sp³-hybridized carbons (Fsp3) is 1.00. The summed E-state index contributed by atoms with van der Waals surface area (Å²) in [5, 5.41) is 9.37. The number of aliphatic hydroxyl groups is 1. The molecule has 0 aromatic heterocycles. The average Bonchev–Trinajstić information content (AvgIpc) is 1.54. The summed E-state index contributed by atoms with van der Waals surface area (Å²) in [4.78, 5) is 2.19. The third-order valence-corrected chi connectivity index (χ3v) is 2.01. The Morgan fingerprint density at radius 1 is 1.50 bits per heavy atom. The van der Waals surface area contributed by atoms with Gasteiger partial charge in [-0.25, -0.2) is 0 Å². The van der Waals surface area contributed by atoms with Gasteiger partial charge in [0.05, 0.1) is 6.10 Å². The number of hydrogen-bond donors (Lipinski definition) is 1. The maximum Gasteiger partial charge on any atom is 0.0672 e. The van der Waals surface area contributed by atoms with E-state index in [1.165, 1.54) is 0 Å². The molecule has 10 heavy (non-hydrogen) atoms. The lowest BCUT2D eigenvalue weighted by atomic mass is 9.83.